The van der Waals surface area contributed by atoms with Crippen molar-refractivity contribution in [3.63, 3.8) is 0 Å². The van der Waals surface area contributed by atoms with Crippen LogP contribution >= 0.6 is 12.4 Å². The number of benzene rings is 1. The third-order valence-electron chi connectivity index (χ3n) is 2.79. The maximum atomic E-state index is 5.71. The molecule has 2 aromatic rings. The van der Waals surface area contributed by atoms with Gasteiger partial charge in [0.05, 0.1) is 0 Å². The van der Waals surface area contributed by atoms with Gasteiger partial charge in [-0.05, 0) is 31.0 Å². The van der Waals surface area contributed by atoms with E-state index in [2.05, 4.69) is 10.1 Å². The zero-order chi connectivity index (χ0) is 11.7. The average Bonchev–Trinajstić information content (AvgIpc) is 3.00. The molecule has 1 atom stereocenters. The first-order chi connectivity index (χ1) is 8.33. The molecule has 1 aliphatic heterocycles. The van der Waals surface area contributed by atoms with Gasteiger partial charge in [-0.2, -0.15) is 4.98 Å². The predicted octanol–water partition coefficient (Wildman–Crippen LogP) is 2.59. The van der Waals surface area contributed by atoms with Gasteiger partial charge in [0.1, 0.15) is 6.10 Å². The van der Waals surface area contributed by atoms with E-state index < -0.39 is 0 Å². The van der Waals surface area contributed by atoms with Gasteiger partial charge in [0.15, 0.2) is 0 Å². The van der Waals surface area contributed by atoms with Crippen LogP contribution in [0.3, 0.4) is 0 Å². The predicted molar refractivity (Wildman–Crippen MR) is 69.3 cm³/mol. The van der Waals surface area contributed by atoms with Crippen LogP contribution in [0.2, 0.25) is 0 Å². The third-order valence-corrected chi connectivity index (χ3v) is 2.79. The largest absolute Gasteiger partial charge is 0.399 e. The average molecular weight is 268 g/mol. The molecule has 0 bridgehead atoms. The van der Waals surface area contributed by atoms with Crippen molar-refractivity contribution in [1.29, 1.82) is 0 Å². The summed E-state index contributed by atoms with van der Waals surface area (Å²) in [7, 11) is 0. The van der Waals surface area contributed by atoms with Crippen molar-refractivity contribution in [2.24, 2.45) is 0 Å². The first-order valence-corrected chi connectivity index (χ1v) is 5.64. The summed E-state index contributed by atoms with van der Waals surface area (Å²) >= 11 is 0. The van der Waals surface area contributed by atoms with Crippen LogP contribution < -0.4 is 5.73 Å². The number of rotatable bonds is 2. The normalized spacial score (nSPS) is 18.6. The summed E-state index contributed by atoms with van der Waals surface area (Å²) in [6, 6.07) is 7.39. The Balaban J connectivity index is 0.00000120. The standard InChI is InChI=1S/C12H13N3O2.ClH/c13-9-4-1-3-8(7-9)12-14-11(15-17-12)10-5-2-6-16-10;/h1,3-4,7,10H,2,5-6,13H2;1H. The van der Waals surface area contributed by atoms with E-state index >= 15 is 0 Å². The van der Waals surface area contributed by atoms with E-state index in [4.69, 9.17) is 15.0 Å². The Labute approximate surface area is 111 Å². The Morgan fingerprint density at radius 1 is 1.33 bits per heavy atom. The Morgan fingerprint density at radius 2 is 2.22 bits per heavy atom. The summed E-state index contributed by atoms with van der Waals surface area (Å²) in [6.45, 7) is 0.771. The summed E-state index contributed by atoms with van der Waals surface area (Å²) in [5, 5.41) is 3.95. The molecule has 1 aromatic heterocycles. The Kier molecular flexibility index (Phi) is 3.84. The molecule has 0 radical (unpaired) electrons. The minimum absolute atomic E-state index is 0. The van der Waals surface area contributed by atoms with Crippen LogP contribution in [-0.2, 0) is 4.74 Å². The summed E-state index contributed by atoms with van der Waals surface area (Å²) in [5.74, 6) is 1.11. The number of aromatic nitrogens is 2. The highest BCUT2D eigenvalue weighted by molar-refractivity contribution is 5.85. The Bertz CT molecular complexity index is 524. The van der Waals surface area contributed by atoms with Gasteiger partial charge in [-0.25, -0.2) is 0 Å². The monoisotopic (exact) mass is 267 g/mol. The number of hydrogen-bond acceptors (Lipinski definition) is 5. The zero-order valence-corrected chi connectivity index (χ0v) is 10.5. The molecular formula is C12H14ClN3O2. The molecule has 1 saturated heterocycles. The summed E-state index contributed by atoms with van der Waals surface area (Å²) in [5.41, 5.74) is 7.23. The molecule has 1 aromatic carbocycles. The van der Waals surface area contributed by atoms with Gasteiger partial charge in [-0.3, -0.25) is 0 Å². The van der Waals surface area contributed by atoms with Gasteiger partial charge < -0.3 is 15.0 Å². The molecule has 0 saturated carbocycles. The lowest BCUT2D eigenvalue weighted by atomic mass is 10.2. The van der Waals surface area contributed by atoms with E-state index in [1.807, 2.05) is 24.3 Å². The molecule has 1 unspecified atom stereocenters. The van der Waals surface area contributed by atoms with Gasteiger partial charge in [0, 0.05) is 17.9 Å². The van der Waals surface area contributed by atoms with Gasteiger partial charge >= 0.3 is 0 Å². The molecule has 0 spiro atoms. The second kappa shape index (κ2) is 5.37. The second-order valence-corrected chi connectivity index (χ2v) is 4.08. The highest BCUT2D eigenvalue weighted by atomic mass is 35.5. The number of anilines is 1. The topological polar surface area (TPSA) is 74.2 Å². The molecular weight excluding hydrogens is 254 g/mol. The van der Waals surface area contributed by atoms with Crippen LogP contribution in [0, 0.1) is 0 Å². The van der Waals surface area contributed by atoms with Crippen molar-refractivity contribution < 1.29 is 9.26 Å². The molecule has 18 heavy (non-hydrogen) atoms. The first-order valence-electron chi connectivity index (χ1n) is 5.64. The molecule has 1 fully saturated rings. The van der Waals surface area contributed by atoms with Crippen molar-refractivity contribution in [2.45, 2.75) is 18.9 Å². The fourth-order valence-electron chi connectivity index (χ4n) is 1.94. The van der Waals surface area contributed by atoms with Crippen LogP contribution in [0.5, 0.6) is 0 Å². The summed E-state index contributed by atoms with van der Waals surface area (Å²) in [4.78, 5) is 4.35. The SMILES string of the molecule is Cl.Nc1cccc(-c2nc(C3CCCO3)no2)c1. The smallest absolute Gasteiger partial charge is 0.258 e. The second-order valence-electron chi connectivity index (χ2n) is 4.08. The molecule has 3 rings (SSSR count). The number of hydrogen-bond donors (Lipinski definition) is 1. The van der Waals surface area contributed by atoms with Crippen LogP contribution in [0.25, 0.3) is 11.5 Å². The zero-order valence-electron chi connectivity index (χ0n) is 9.70. The molecule has 0 aliphatic carbocycles. The fraction of sp³-hybridized carbons (Fsp3) is 0.333. The lowest BCUT2D eigenvalue weighted by Crippen LogP contribution is -1.97. The van der Waals surface area contributed by atoms with Crippen molar-refractivity contribution >= 4 is 18.1 Å². The minimum atomic E-state index is -0.0199. The molecule has 2 N–H and O–H groups in total. The Hall–Kier alpha value is -1.59. The molecule has 96 valence electrons. The van der Waals surface area contributed by atoms with Crippen molar-refractivity contribution in [1.82, 2.24) is 10.1 Å². The molecule has 0 amide bonds. The molecule has 1 aliphatic rings. The van der Waals surface area contributed by atoms with Crippen molar-refractivity contribution in [3.8, 4) is 11.5 Å². The van der Waals surface area contributed by atoms with E-state index in [-0.39, 0.29) is 18.5 Å². The maximum absolute atomic E-state index is 5.71. The number of nitrogens with zero attached hydrogens (tertiary/aromatic N) is 2. The lowest BCUT2D eigenvalue weighted by Gasteiger charge is -2.00. The molecule has 2 heterocycles. The van der Waals surface area contributed by atoms with E-state index in [0.29, 0.717) is 17.4 Å². The maximum Gasteiger partial charge on any atom is 0.258 e. The third kappa shape index (κ3) is 2.47. The quantitative estimate of drug-likeness (QED) is 0.847. The number of halogens is 1. The van der Waals surface area contributed by atoms with Crippen LogP contribution in [0.15, 0.2) is 28.8 Å². The van der Waals surface area contributed by atoms with Gasteiger partial charge in [-0.15, -0.1) is 12.4 Å². The first kappa shape index (κ1) is 12.9. The van der Waals surface area contributed by atoms with Crippen molar-refractivity contribution in [3.05, 3.63) is 30.1 Å². The highest BCUT2D eigenvalue weighted by Crippen LogP contribution is 2.28. The number of nitrogens with two attached hydrogens (primary N) is 1. The summed E-state index contributed by atoms with van der Waals surface area (Å²) in [6.07, 6.45) is 1.98. The van der Waals surface area contributed by atoms with Crippen LogP contribution in [-0.4, -0.2) is 16.7 Å². The molecule has 6 heteroatoms. The lowest BCUT2D eigenvalue weighted by molar-refractivity contribution is 0.103. The van der Waals surface area contributed by atoms with Crippen LogP contribution in [0.1, 0.15) is 24.8 Å². The Morgan fingerprint density at radius 3 is 2.94 bits per heavy atom. The summed E-state index contributed by atoms with van der Waals surface area (Å²) < 4.78 is 10.7. The van der Waals surface area contributed by atoms with E-state index in [0.717, 1.165) is 25.0 Å². The number of nitrogen functional groups attached to an aromatic ring is 1. The van der Waals surface area contributed by atoms with Crippen LogP contribution in [0.4, 0.5) is 5.69 Å². The van der Waals surface area contributed by atoms with E-state index in [1.54, 1.807) is 0 Å². The highest BCUT2D eigenvalue weighted by Gasteiger charge is 2.23. The van der Waals surface area contributed by atoms with E-state index in [9.17, 15) is 0 Å². The number of ether oxygens (including phenoxy) is 1. The van der Waals surface area contributed by atoms with Crippen molar-refractivity contribution in [2.75, 3.05) is 12.3 Å². The van der Waals surface area contributed by atoms with E-state index in [1.165, 1.54) is 0 Å². The van der Waals surface area contributed by atoms with Gasteiger partial charge in [0.2, 0.25) is 5.82 Å². The van der Waals surface area contributed by atoms with Gasteiger partial charge in [-0.1, -0.05) is 11.2 Å². The fourth-order valence-corrected chi connectivity index (χ4v) is 1.94. The molecule has 5 nitrogen and oxygen atoms in total. The minimum Gasteiger partial charge on any atom is -0.399 e. The van der Waals surface area contributed by atoms with Gasteiger partial charge in [0.25, 0.3) is 5.89 Å².